The molecule has 0 unspecified atom stereocenters. The van der Waals surface area contributed by atoms with Crippen LogP contribution < -0.4 is 5.32 Å². The second-order valence-electron chi connectivity index (χ2n) is 7.17. The topological polar surface area (TPSA) is 89.2 Å². The normalized spacial score (nSPS) is 14.6. The number of fused-ring (bicyclic) bond motifs is 3. The fourth-order valence-electron chi connectivity index (χ4n) is 3.29. The van der Waals surface area contributed by atoms with E-state index in [1.807, 2.05) is 19.1 Å². The van der Waals surface area contributed by atoms with E-state index in [2.05, 4.69) is 20.6 Å². The highest BCUT2D eigenvalue weighted by Gasteiger charge is 2.28. The number of nitrogens with zero attached hydrogens (tertiary/aromatic N) is 4. The standard InChI is InChI=1S/C20H18ClN5O2S/c1-2-12-3-8-15(9-4-12)29(27,28)20-19-23-18(22-14-6-7-14)16-11-13(21)5-10-17(16)26(19)25-24-20/h3-5,8-11,14H,2,6-7H2,1H3,(H,22,23). The molecule has 1 fully saturated rings. The van der Waals surface area contributed by atoms with Crippen molar-refractivity contribution < 1.29 is 8.42 Å². The van der Waals surface area contributed by atoms with Crippen molar-refractivity contribution in [2.24, 2.45) is 0 Å². The van der Waals surface area contributed by atoms with Crippen LogP contribution in [-0.2, 0) is 16.3 Å². The number of nitrogens with one attached hydrogen (secondary N) is 1. The molecule has 1 saturated carbocycles. The molecule has 1 N–H and O–H groups in total. The first-order valence-corrected chi connectivity index (χ1v) is 11.3. The number of anilines is 1. The Balaban J connectivity index is 1.73. The summed E-state index contributed by atoms with van der Waals surface area (Å²) in [7, 11) is -3.86. The van der Waals surface area contributed by atoms with Crippen molar-refractivity contribution in [3.63, 3.8) is 0 Å². The quantitative estimate of drug-likeness (QED) is 0.519. The van der Waals surface area contributed by atoms with E-state index < -0.39 is 9.84 Å². The molecule has 1 aliphatic carbocycles. The molecule has 2 aromatic carbocycles. The molecule has 7 nitrogen and oxygen atoms in total. The maximum atomic E-state index is 13.2. The fourth-order valence-corrected chi connectivity index (χ4v) is 4.70. The van der Waals surface area contributed by atoms with Crippen LogP contribution in [0.4, 0.5) is 5.82 Å². The van der Waals surface area contributed by atoms with Gasteiger partial charge in [0.15, 0.2) is 5.65 Å². The van der Waals surface area contributed by atoms with E-state index in [-0.39, 0.29) is 15.6 Å². The van der Waals surface area contributed by atoms with Crippen molar-refractivity contribution in [1.82, 2.24) is 19.8 Å². The Kier molecular flexibility index (Phi) is 4.22. The van der Waals surface area contributed by atoms with Crippen molar-refractivity contribution >= 4 is 43.8 Å². The molecule has 2 heterocycles. The maximum Gasteiger partial charge on any atom is 0.229 e. The molecule has 5 rings (SSSR count). The Morgan fingerprint density at radius 1 is 1.17 bits per heavy atom. The number of benzene rings is 2. The SMILES string of the molecule is CCc1ccc(S(=O)(=O)c2nnn3c2nc(NC2CC2)c2cc(Cl)ccc23)cc1. The van der Waals surface area contributed by atoms with Crippen LogP contribution in [0.5, 0.6) is 0 Å². The van der Waals surface area contributed by atoms with Gasteiger partial charge in [-0.15, -0.1) is 5.10 Å². The number of aromatic nitrogens is 4. The van der Waals surface area contributed by atoms with Gasteiger partial charge < -0.3 is 5.32 Å². The zero-order valence-electron chi connectivity index (χ0n) is 15.6. The summed E-state index contributed by atoms with van der Waals surface area (Å²) in [6, 6.07) is 12.5. The van der Waals surface area contributed by atoms with E-state index in [1.54, 1.807) is 30.3 Å². The van der Waals surface area contributed by atoms with Gasteiger partial charge in [0.25, 0.3) is 0 Å². The minimum atomic E-state index is -3.86. The largest absolute Gasteiger partial charge is 0.367 e. The molecular formula is C20H18ClN5O2S. The molecule has 0 spiro atoms. The highest BCUT2D eigenvalue weighted by Crippen LogP contribution is 2.32. The third kappa shape index (κ3) is 3.12. The van der Waals surface area contributed by atoms with Crippen molar-refractivity contribution in [2.75, 3.05) is 5.32 Å². The minimum absolute atomic E-state index is 0.155. The van der Waals surface area contributed by atoms with Gasteiger partial charge in [0.1, 0.15) is 5.82 Å². The van der Waals surface area contributed by atoms with Crippen LogP contribution in [0.15, 0.2) is 52.4 Å². The third-order valence-corrected chi connectivity index (χ3v) is 6.99. The number of rotatable bonds is 5. The zero-order valence-corrected chi connectivity index (χ0v) is 17.2. The molecule has 0 aliphatic heterocycles. The zero-order chi connectivity index (χ0) is 20.2. The highest BCUT2D eigenvalue weighted by molar-refractivity contribution is 7.91. The number of sulfone groups is 1. The highest BCUT2D eigenvalue weighted by atomic mass is 35.5. The molecule has 2 aromatic heterocycles. The molecule has 0 atom stereocenters. The van der Waals surface area contributed by atoms with Crippen LogP contribution in [0.3, 0.4) is 0 Å². The van der Waals surface area contributed by atoms with E-state index >= 15 is 0 Å². The van der Waals surface area contributed by atoms with E-state index in [9.17, 15) is 8.42 Å². The maximum absolute atomic E-state index is 13.2. The number of halogens is 1. The third-order valence-electron chi connectivity index (χ3n) is 5.09. The average molecular weight is 428 g/mol. The van der Waals surface area contributed by atoms with Gasteiger partial charge in [-0.3, -0.25) is 0 Å². The molecule has 9 heteroatoms. The summed E-state index contributed by atoms with van der Waals surface area (Å²) in [6.45, 7) is 2.02. The lowest BCUT2D eigenvalue weighted by atomic mass is 10.2. The summed E-state index contributed by atoms with van der Waals surface area (Å²) in [5, 5.41) is 12.6. The summed E-state index contributed by atoms with van der Waals surface area (Å²) in [5.41, 5.74) is 1.95. The van der Waals surface area contributed by atoms with Crippen LogP contribution in [0.1, 0.15) is 25.3 Å². The van der Waals surface area contributed by atoms with E-state index in [4.69, 9.17) is 11.6 Å². The second kappa shape index (κ2) is 6.67. The Morgan fingerprint density at radius 3 is 2.62 bits per heavy atom. The molecular weight excluding hydrogens is 410 g/mol. The molecule has 0 amide bonds. The molecule has 4 aromatic rings. The fraction of sp³-hybridized carbons (Fsp3) is 0.250. The smallest absolute Gasteiger partial charge is 0.229 e. The lowest BCUT2D eigenvalue weighted by Crippen LogP contribution is -2.08. The first-order valence-electron chi connectivity index (χ1n) is 9.42. The number of hydrogen-bond donors (Lipinski definition) is 1. The summed E-state index contributed by atoms with van der Waals surface area (Å²) in [5.74, 6) is 0.595. The molecule has 0 radical (unpaired) electrons. The number of hydrogen-bond acceptors (Lipinski definition) is 6. The van der Waals surface area contributed by atoms with Gasteiger partial charge in [0.05, 0.1) is 10.4 Å². The summed E-state index contributed by atoms with van der Waals surface area (Å²) in [4.78, 5) is 4.77. The summed E-state index contributed by atoms with van der Waals surface area (Å²) >= 11 is 6.18. The van der Waals surface area contributed by atoms with Crippen LogP contribution in [0, 0.1) is 0 Å². The van der Waals surface area contributed by atoms with Gasteiger partial charge in [-0.25, -0.2) is 13.4 Å². The van der Waals surface area contributed by atoms with Crippen LogP contribution in [0.2, 0.25) is 5.02 Å². The van der Waals surface area contributed by atoms with Gasteiger partial charge in [-0.2, -0.15) is 4.52 Å². The summed E-state index contributed by atoms with van der Waals surface area (Å²) in [6.07, 6.45) is 2.95. The Hall–Kier alpha value is -2.71. The monoisotopic (exact) mass is 427 g/mol. The first kappa shape index (κ1) is 18.3. The van der Waals surface area contributed by atoms with E-state index in [1.165, 1.54) is 4.52 Å². The Labute approximate surface area is 172 Å². The van der Waals surface area contributed by atoms with Gasteiger partial charge in [0.2, 0.25) is 14.9 Å². The van der Waals surface area contributed by atoms with Crippen molar-refractivity contribution in [2.45, 2.75) is 42.1 Å². The van der Waals surface area contributed by atoms with Gasteiger partial charge >= 0.3 is 0 Å². The van der Waals surface area contributed by atoms with E-state index in [0.717, 1.165) is 30.2 Å². The van der Waals surface area contributed by atoms with Gasteiger partial charge in [-0.1, -0.05) is 35.9 Å². The van der Waals surface area contributed by atoms with Crippen molar-refractivity contribution in [3.05, 3.63) is 53.1 Å². The van der Waals surface area contributed by atoms with Gasteiger partial charge in [0, 0.05) is 16.5 Å². The van der Waals surface area contributed by atoms with E-state index in [0.29, 0.717) is 22.4 Å². The van der Waals surface area contributed by atoms with Crippen LogP contribution >= 0.6 is 11.6 Å². The predicted molar refractivity (Wildman–Crippen MR) is 111 cm³/mol. The van der Waals surface area contributed by atoms with Crippen molar-refractivity contribution in [3.8, 4) is 0 Å². The molecule has 0 bridgehead atoms. The number of aryl methyl sites for hydroxylation is 1. The lowest BCUT2D eigenvalue weighted by Gasteiger charge is -2.10. The average Bonchev–Trinajstić information content (AvgIpc) is 3.43. The predicted octanol–water partition coefficient (Wildman–Crippen LogP) is 3.90. The van der Waals surface area contributed by atoms with Crippen LogP contribution in [-0.4, -0.2) is 34.3 Å². The minimum Gasteiger partial charge on any atom is -0.367 e. The molecule has 148 valence electrons. The first-order chi connectivity index (χ1) is 14.0. The molecule has 29 heavy (non-hydrogen) atoms. The molecule has 0 saturated heterocycles. The van der Waals surface area contributed by atoms with Crippen molar-refractivity contribution in [1.29, 1.82) is 0 Å². The second-order valence-corrected chi connectivity index (χ2v) is 9.47. The molecule has 1 aliphatic rings. The summed E-state index contributed by atoms with van der Waals surface area (Å²) < 4.78 is 27.9. The van der Waals surface area contributed by atoms with Gasteiger partial charge in [-0.05, 0) is 55.2 Å². The Bertz CT molecular complexity index is 1350. The van der Waals surface area contributed by atoms with Crippen LogP contribution in [0.25, 0.3) is 16.6 Å². The lowest BCUT2D eigenvalue weighted by molar-refractivity contribution is 0.592. The Morgan fingerprint density at radius 2 is 1.93 bits per heavy atom.